The van der Waals surface area contributed by atoms with Gasteiger partial charge < -0.3 is 9.64 Å². The zero-order chi connectivity index (χ0) is 14.7. The van der Waals surface area contributed by atoms with Crippen molar-refractivity contribution in [3.63, 3.8) is 0 Å². The fraction of sp³-hybridized carbons (Fsp3) is 0.389. The Labute approximate surface area is 126 Å². The van der Waals surface area contributed by atoms with Crippen LogP contribution in [0.3, 0.4) is 0 Å². The van der Waals surface area contributed by atoms with Gasteiger partial charge in [0.25, 0.3) is 0 Å². The molecule has 3 heteroatoms. The first kappa shape index (κ1) is 14.1. The van der Waals surface area contributed by atoms with Crippen LogP contribution in [0.4, 0.5) is 5.69 Å². The van der Waals surface area contributed by atoms with Crippen molar-refractivity contribution in [2.45, 2.75) is 20.3 Å². The highest BCUT2D eigenvalue weighted by atomic mass is 16.5. The van der Waals surface area contributed by atoms with Crippen molar-refractivity contribution in [2.24, 2.45) is 0 Å². The van der Waals surface area contributed by atoms with Gasteiger partial charge in [0.1, 0.15) is 0 Å². The second kappa shape index (κ2) is 6.27. The molecule has 0 N–H and O–H groups in total. The molecule has 0 amide bonds. The maximum absolute atomic E-state index is 5.40. The van der Waals surface area contributed by atoms with E-state index in [9.17, 15) is 0 Å². The van der Waals surface area contributed by atoms with Gasteiger partial charge >= 0.3 is 0 Å². The fourth-order valence-corrected chi connectivity index (χ4v) is 2.75. The maximum Gasteiger partial charge on any atom is 0.0705 e. The number of aromatic nitrogens is 1. The smallest absolute Gasteiger partial charge is 0.0705 e. The van der Waals surface area contributed by atoms with Crippen LogP contribution >= 0.6 is 0 Å². The third-order valence-electron chi connectivity index (χ3n) is 4.08. The molecule has 1 aliphatic rings. The van der Waals surface area contributed by atoms with E-state index in [4.69, 9.17) is 9.72 Å². The minimum Gasteiger partial charge on any atom is -0.378 e. The molecule has 0 atom stereocenters. The largest absolute Gasteiger partial charge is 0.378 e. The van der Waals surface area contributed by atoms with Crippen LogP contribution in [0.5, 0.6) is 0 Å². The van der Waals surface area contributed by atoms with E-state index in [1.807, 2.05) is 0 Å². The zero-order valence-electron chi connectivity index (χ0n) is 12.8. The summed E-state index contributed by atoms with van der Waals surface area (Å²) in [5.74, 6) is 0. The van der Waals surface area contributed by atoms with E-state index < -0.39 is 0 Å². The molecule has 0 aliphatic carbocycles. The van der Waals surface area contributed by atoms with Gasteiger partial charge in [0.05, 0.1) is 18.9 Å². The number of pyridine rings is 1. The topological polar surface area (TPSA) is 25.4 Å². The molecule has 1 aromatic heterocycles. The van der Waals surface area contributed by atoms with Crippen LogP contribution in [0.2, 0.25) is 0 Å². The summed E-state index contributed by atoms with van der Waals surface area (Å²) in [6, 6.07) is 13.0. The van der Waals surface area contributed by atoms with Gasteiger partial charge in [-0.2, -0.15) is 0 Å². The predicted octanol–water partition coefficient (Wildman–Crippen LogP) is 3.46. The summed E-state index contributed by atoms with van der Waals surface area (Å²) >= 11 is 0. The van der Waals surface area contributed by atoms with Crippen molar-refractivity contribution in [1.29, 1.82) is 0 Å². The van der Waals surface area contributed by atoms with Crippen LogP contribution < -0.4 is 4.90 Å². The van der Waals surface area contributed by atoms with Crippen LogP contribution in [0.25, 0.3) is 11.3 Å². The predicted molar refractivity (Wildman–Crippen MR) is 86.8 cm³/mol. The Balaban J connectivity index is 1.83. The molecule has 0 spiro atoms. The van der Waals surface area contributed by atoms with Crippen LogP contribution in [0, 0.1) is 6.92 Å². The highest BCUT2D eigenvalue weighted by Crippen LogP contribution is 2.23. The van der Waals surface area contributed by atoms with Gasteiger partial charge in [0.15, 0.2) is 0 Å². The highest BCUT2D eigenvalue weighted by molar-refractivity contribution is 5.63. The minimum absolute atomic E-state index is 0.821. The monoisotopic (exact) mass is 282 g/mol. The molecule has 0 radical (unpaired) electrons. The standard InChI is InChI=1S/C18H22N2O/c1-3-17-14(2)4-9-18(19-17)15-5-7-16(8-6-15)20-10-12-21-13-11-20/h4-9H,3,10-13H2,1-2H3. The summed E-state index contributed by atoms with van der Waals surface area (Å²) in [4.78, 5) is 7.14. The summed E-state index contributed by atoms with van der Waals surface area (Å²) in [6.45, 7) is 7.87. The first-order valence-corrected chi connectivity index (χ1v) is 7.67. The van der Waals surface area contributed by atoms with Crippen molar-refractivity contribution >= 4 is 5.69 Å². The fourth-order valence-electron chi connectivity index (χ4n) is 2.75. The quantitative estimate of drug-likeness (QED) is 0.862. The van der Waals surface area contributed by atoms with E-state index in [0.717, 1.165) is 38.4 Å². The van der Waals surface area contributed by atoms with Crippen molar-refractivity contribution in [3.8, 4) is 11.3 Å². The van der Waals surface area contributed by atoms with E-state index >= 15 is 0 Å². The number of aryl methyl sites for hydroxylation is 2. The molecule has 1 saturated heterocycles. The number of nitrogens with zero attached hydrogens (tertiary/aromatic N) is 2. The summed E-state index contributed by atoms with van der Waals surface area (Å²) in [6.07, 6.45) is 0.978. The molecule has 0 bridgehead atoms. The van der Waals surface area contributed by atoms with E-state index in [-0.39, 0.29) is 0 Å². The Morgan fingerprint density at radius 2 is 1.76 bits per heavy atom. The molecule has 21 heavy (non-hydrogen) atoms. The number of hydrogen-bond acceptors (Lipinski definition) is 3. The number of benzene rings is 1. The second-order valence-corrected chi connectivity index (χ2v) is 5.46. The molecule has 1 aliphatic heterocycles. The summed E-state index contributed by atoms with van der Waals surface area (Å²) in [5, 5.41) is 0. The van der Waals surface area contributed by atoms with Gasteiger partial charge in [-0.05, 0) is 37.1 Å². The van der Waals surface area contributed by atoms with Gasteiger partial charge in [-0.25, -0.2) is 0 Å². The van der Waals surface area contributed by atoms with Gasteiger partial charge in [-0.15, -0.1) is 0 Å². The summed E-state index contributed by atoms with van der Waals surface area (Å²) in [5.41, 5.74) is 5.97. The molecule has 0 saturated carbocycles. The molecule has 2 heterocycles. The number of hydrogen-bond donors (Lipinski definition) is 0. The number of anilines is 1. The zero-order valence-corrected chi connectivity index (χ0v) is 12.8. The molecule has 2 aromatic rings. The van der Waals surface area contributed by atoms with E-state index in [1.165, 1.54) is 22.5 Å². The van der Waals surface area contributed by atoms with Gasteiger partial charge in [0.2, 0.25) is 0 Å². The first-order chi connectivity index (χ1) is 10.3. The molecular formula is C18H22N2O. The third-order valence-corrected chi connectivity index (χ3v) is 4.08. The summed E-state index contributed by atoms with van der Waals surface area (Å²) in [7, 11) is 0. The molecule has 3 nitrogen and oxygen atoms in total. The van der Waals surface area contributed by atoms with Crippen molar-refractivity contribution in [2.75, 3.05) is 31.2 Å². The van der Waals surface area contributed by atoms with Crippen LogP contribution in [-0.2, 0) is 11.2 Å². The number of ether oxygens (including phenoxy) is 1. The Bertz CT molecular complexity index is 601. The lowest BCUT2D eigenvalue weighted by atomic mass is 10.1. The Morgan fingerprint density at radius 1 is 1.05 bits per heavy atom. The average molecular weight is 282 g/mol. The van der Waals surface area contributed by atoms with E-state index in [0.29, 0.717) is 0 Å². The minimum atomic E-state index is 0.821. The molecule has 1 aromatic carbocycles. The van der Waals surface area contributed by atoms with Crippen LogP contribution in [0.15, 0.2) is 36.4 Å². The van der Waals surface area contributed by atoms with Crippen LogP contribution in [0.1, 0.15) is 18.2 Å². The van der Waals surface area contributed by atoms with Gasteiger partial charge in [-0.3, -0.25) is 4.98 Å². The highest BCUT2D eigenvalue weighted by Gasteiger charge is 2.11. The first-order valence-electron chi connectivity index (χ1n) is 7.67. The lowest BCUT2D eigenvalue weighted by Gasteiger charge is -2.28. The SMILES string of the molecule is CCc1nc(-c2ccc(N3CCOCC3)cc2)ccc1C. The molecular weight excluding hydrogens is 260 g/mol. The summed E-state index contributed by atoms with van der Waals surface area (Å²) < 4.78 is 5.40. The number of rotatable bonds is 3. The normalized spacial score (nSPS) is 15.2. The lowest BCUT2D eigenvalue weighted by molar-refractivity contribution is 0.122. The van der Waals surface area contributed by atoms with E-state index in [1.54, 1.807) is 0 Å². The second-order valence-electron chi connectivity index (χ2n) is 5.46. The maximum atomic E-state index is 5.40. The molecule has 0 unspecified atom stereocenters. The van der Waals surface area contributed by atoms with Crippen molar-refractivity contribution < 1.29 is 4.74 Å². The van der Waals surface area contributed by atoms with Crippen LogP contribution in [-0.4, -0.2) is 31.3 Å². The molecule has 1 fully saturated rings. The molecule has 3 rings (SSSR count). The lowest BCUT2D eigenvalue weighted by Crippen LogP contribution is -2.36. The number of morpholine rings is 1. The van der Waals surface area contributed by atoms with Gasteiger partial charge in [0, 0.05) is 30.0 Å². The Hall–Kier alpha value is -1.87. The average Bonchev–Trinajstić information content (AvgIpc) is 2.56. The van der Waals surface area contributed by atoms with Crippen molar-refractivity contribution in [3.05, 3.63) is 47.7 Å². The third kappa shape index (κ3) is 3.08. The van der Waals surface area contributed by atoms with Crippen molar-refractivity contribution in [1.82, 2.24) is 4.98 Å². The Morgan fingerprint density at radius 3 is 2.43 bits per heavy atom. The Kier molecular flexibility index (Phi) is 4.20. The van der Waals surface area contributed by atoms with Gasteiger partial charge in [-0.1, -0.05) is 25.1 Å². The van der Waals surface area contributed by atoms with E-state index in [2.05, 4.69) is 55.1 Å². The molecule has 110 valence electrons.